The number of allylic oxidation sites excluding steroid dienone is 1. The molecule has 0 aliphatic carbocycles. The van der Waals surface area contributed by atoms with Crippen molar-refractivity contribution in [3.05, 3.63) is 42.1 Å². The largest absolute Gasteiger partial charge is 0.419 e. The molecule has 5 nitrogen and oxygen atoms in total. The van der Waals surface area contributed by atoms with Crippen molar-refractivity contribution in [3.8, 4) is 5.75 Å². The number of carbonyl (C=O) groups is 2. The number of nitrogens with one attached hydrogen (secondary N) is 1. The van der Waals surface area contributed by atoms with E-state index in [-0.39, 0.29) is 5.41 Å². The first-order valence-electron chi connectivity index (χ1n) is 6.30. The number of ether oxygens (including phenoxy) is 1. The minimum absolute atomic E-state index is 0.0224. The Bertz CT molecular complexity index is 502. The Hall–Kier alpha value is -2.30. The molecule has 0 atom stereocenters. The number of rotatable bonds is 3. The third-order valence-electron chi connectivity index (χ3n) is 2.23. The van der Waals surface area contributed by atoms with Gasteiger partial charge in [0.15, 0.2) is 0 Å². The molecule has 0 fully saturated rings. The topological polar surface area (TPSA) is 81.4 Å². The fraction of sp³-hybridized carbons (Fsp3) is 0.333. The highest BCUT2D eigenvalue weighted by Crippen LogP contribution is 2.21. The monoisotopic (exact) mass is 276 g/mol. The second-order valence-corrected chi connectivity index (χ2v) is 5.65. The Labute approximate surface area is 118 Å². The molecule has 1 aromatic rings. The fourth-order valence-corrected chi connectivity index (χ4v) is 1.59. The molecular weight excluding hydrogens is 256 g/mol. The lowest BCUT2D eigenvalue weighted by atomic mass is 9.90. The summed E-state index contributed by atoms with van der Waals surface area (Å²) < 4.78 is 4.93. The summed E-state index contributed by atoms with van der Waals surface area (Å²) in [5.74, 6) is -0.225. The van der Waals surface area contributed by atoms with Crippen LogP contribution in [-0.2, 0) is 4.79 Å². The van der Waals surface area contributed by atoms with E-state index in [9.17, 15) is 9.59 Å². The lowest BCUT2D eigenvalue weighted by Crippen LogP contribution is -2.32. The Morgan fingerprint density at radius 3 is 2.40 bits per heavy atom. The van der Waals surface area contributed by atoms with Crippen molar-refractivity contribution in [3.63, 3.8) is 0 Å². The molecule has 0 saturated carbocycles. The molecule has 108 valence electrons. The minimum atomic E-state index is -0.832. The van der Waals surface area contributed by atoms with Gasteiger partial charge in [-0.2, -0.15) is 0 Å². The second kappa shape index (κ2) is 6.75. The van der Waals surface area contributed by atoms with Gasteiger partial charge in [0.25, 0.3) is 5.91 Å². The van der Waals surface area contributed by atoms with Crippen LogP contribution in [0.4, 0.5) is 4.79 Å². The Morgan fingerprint density at radius 2 is 1.85 bits per heavy atom. The van der Waals surface area contributed by atoms with E-state index >= 15 is 0 Å². The smallest absolute Gasteiger partial charge is 0.410 e. The molecule has 0 heterocycles. The van der Waals surface area contributed by atoms with Crippen LogP contribution in [0.1, 0.15) is 27.2 Å². The van der Waals surface area contributed by atoms with Crippen LogP contribution in [0.15, 0.2) is 42.1 Å². The van der Waals surface area contributed by atoms with Crippen LogP contribution in [0.5, 0.6) is 5.75 Å². The normalized spacial score (nSPS) is 11.8. The summed E-state index contributed by atoms with van der Waals surface area (Å²) in [6.07, 6.45) is 0.937. The zero-order valence-corrected chi connectivity index (χ0v) is 12.0. The highest BCUT2D eigenvalue weighted by atomic mass is 16.6. The Balaban J connectivity index is 2.50. The highest BCUT2D eigenvalue weighted by molar-refractivity contribution is 5.99. The number of carbonyl (C=O) groups excluding carboxylic acids is 2. The van der Waals surface area contributed by atoms with E-state index in [2.05, 4.69) is 5.32 Å². The molecule has 0 aromatic heterocycles. The van der Waals surface area contributed by atoms with Crippen molar-refractivity contribution in [2.24, 2.45) is 11.1 Å². The van der Waals surface area contributed by atoms with E-state index in [4.69, 9.17) is 10.5 Å². The summed E-state index contributed by atoms with van der Waals surface area (Å²) in [6.45, 7) is 6.03. The zero-order chi connectivity index (χ0) is 15.2. The summed E-state index contributed by atoms with van der Waals surface area (Å²) >= 11 is 0. The van der Waals surface area contributed by atoms with Crippen LogP contribution in [-0.4, -0.2) is 12.0 Å². The quantitative estimate of drug-likeness (QED) is 0.831. The number of imide groups is 1. The minimum Gasteiger partial charge on any atom is -0.410 e. The standard InChI is InChI=1S/C15H20N2O3/c1-15(2,3)10-11(16)9-13(18)17-14(19)20-12-7-5-4-6-8-12/h4-9H,10,16H2,1-3H3,(H,17,18,19). The molecule has 20 heavy (non-hydrogen) atoms. The summed E-state index contributed by atoms with van der Waals surface area (Å²) in [5, 5.41) is 2.09. The Morgan fingerprint density at radius 1 is 1.25 bits per heavy atom. The van der Waals surface area contributed by atoms with Gasteiger partial charge in [-0.05, 0) is 24.0 Å². The van der Waals surface area contributed by atoms with Gasteiger partial charge in [-0.3, -0.25) is 10.1 Å². The molecule has 5 heteroatoms. The van der Waals surface area contributed by atoms with Crippen molar-refractivity contribution in [1.29, 1.82) is 0 Å². The van der Waals surface area contributed by atoms with E-state index in [1.165, 1.54) is 6.08 Å². The average molecular weight is 276 g/mol. The van der Waals surface area contributed by atoms with Crippen LogP contribution in [0.2, 0.25) is 0 Å². The van der Waals surface area contributed by atoms with Gasteiger partial charge in [-0.15, -0.1) is 0 Å². The third kappa shape index (κ3) is 6.58. The van der Waals surface area contributed by atoms with E-state index in [1.54, 1.807) is 30.3 Å². The van der Waals surface area contributed by atoms with Gasteiger partial charge in [-0.1, -0.05) is 39.0 Å². The predicted octanol–water partition coefficient (Wildman–Crippen LogP) is 2.58. The van der Waals surface area contributed by atoms with Crippen LogP contribution in [0, 0.1) is 5.41 Å². The van der Waals surface area contributed by atoms with Gasteiger partial charge in [0.05, 0.1) is 0 Å². The van der Waals surface area contributed by atoms with Gasteiger partial charge in [-0.25, -0.2) is 4.79 Å². The molecule has 0 saturated heterocycles. The Kier molecular flexibility index (Phi) is 5.32. The SMILES string of the molecule is CC(C)(C)CC(N)=CC(=O)NC(=O)Oc1ccccc1. The molecule has 0 spiro atoms. The number of para-hydroxylation sites is 1. The molecule has 1 rings (SSSR count). The molecule has 0 aliphatic rings. The predicted molar refractivity (Wildman–Crippen MR) is 77.0 cm³/mol. The van der Waals surface area contributed by atoms with Crippen LogP contribution in [0.3, 0.4) is 0 Å². The molecular formula is C15H20N2O3. The number of hydrogen-bond acceptors (Lipinski definition) is 4. The number of amides is 2. The lowest BCUT2D eigenvalue weighted by Gasteiger charge is -2.17. The molecule has 3 N–H and O–H groups in total. The van der Waals surface area contributed by atoms with E-state index in [1.807, 2.05) is 20.8 Å². The maximum absolute atomic E-state index is 11.6. The van der Waals surface area contributed by atoms with E-state index < -0.39 is 12.0 Å². The van der Waals surface area contributed by atoms with Crippen molar-refractivity contribution < 1.29 is 14.3 Å². The van der Waals surface area contributed by atoms with Gasteiger partial charge >= 0.3 is 6.09 Å². The lowest BCUT2D eigenvalue weighted by molar-refractivity contribution is -0.115. The van der Waals surface area contributed by atoms with Crippen molar-refractivity contribution in [2.75, 3.05) is 0 Å². The summed E-state index contributed by atoms with van der Waals surface area (Å²) in [5.41, 5.74) is 6.13. The van der Waals surface area contributed by atoms with Crippen molar-refractivity contribution in [2.45, 2.75) is 27.2 Å². The summed E-state index contributed by atoms with van der Waals surface area (Å²) in [7, 11) is 0. The maximum Gasteiger partial charge on any atom is 0.419 e. The van der Waals surface area contributed by atoms with E-state index in [0.717, 1.165) is 0 Å². The first kappa shape index (κ1) is 15.8. The van der Waals surface area contributed by atoms with Crippen LogP contribution in [0.25, 0.3) is 0 Å². The van der Waals surface area contributed by atoms with Gasteiger partial charge in [0.1, 0.15) is 5.75 Å². The second-order valence-electron chi connectivity index (χ2n) is 5.65. The zero-order valence-electron chi connectivity index (χ0n) is 12.0. The first-order valence-corrected chi connectivity index (χ1v) is 6.30. The number of hydrogen-bond donors (Lipinski definition) is 2. The molecule has 2 amide bonds. The highest BCUT2D eigenvalue weighted by Gasteiger charge is 2.13. The van der Waals surface area contributed by atoms with Crippen LogP contribution >= 0.6 is 0 Å². The molecule has 1 aromatic carbocycles. The van der Waals surface area contributed by atoms with Gasteiger partial charge in [0.2, 0.25) is 0 Å². The van der Waals surface area contributed by atoms with Crippen molar-refractivity contribution in [1.82, 2.24) is 5.32 Å². The molecule has 0 radical (unpaired) electrons. The van der Waals surface area contributed by atoms with Crippen molar-refractivity contribution >= 4 is 12.0 Å². The summed E-state index contributed by atoms with van der Waals surface area (Å²) in [6, 6.07) is 8.49. The van der Waals surface area contributed by atoms with Crippen LogP contribution < -0.4 is 15.8 Å². The number of benzene rings is 1. The van der Waals surface area contributed by atoms with Gasteiger partial charge in [0, 0.05) is 11.8 Å². The third-order valence-corrected chi connectivity index (χ3v) is 2.23. The molecule has 0 aliphatic heterocycles. The summed E-state index contributed by atoms with van der Waals surface area (Å²) in [4.78, 5) is 23.0. The van der Waals surface area contributed by atoms with Gasteiger partial charge < -0.3 is 10.5 Å². The molecule has 0 bridgehead atoms. The molecule has 0 unspecified atom stereocenters. The maximum atomic E-state index is 11.6. The fourth-order valence-electron chi connectivity index (χ4n) is 1.59. The van der Waals surface area contributed by atoms with E-state index in [0.29, 0.717) is 17.9 Å². The number of nitrogens with two attached hydrogens (primary N) is 1. The average Bonchev–Trinajstić information content (AvgIpc) is 2.26. The first-order chi connectivity index (χ1) is 9.26.